The van der Waals surface area contributed by atoms with Gasteiger partial charge in [-0.25, -0.2) is 0 Å². The SMILES string of the molecule is Cc1ccoc1C(=O)NCC(c1ccco1)N(C)C. The Morgan fingerprint density at radius 1 is 1.32 bits per heavy atom. The Hall–Kier alpha value is -2.01. The van der Waals surface area contributed by atoms with Gasteiger partial charge in [-0.3, -0.25) is 9.69 Å². The molecule has 19 heavy (non-hydrogen) atoms. The van der Waals surface area contributed by atoms with Crippen LogP contribution in [0.5, 0.6) is 0 Å². The van der Waals surface area contributed by atoms with Gasteiger partial charge >= 0.3 is 0 Å². The summed E-state index contributed by atoms with van der Waals surface area (Å²) in [4.78, 5) is 14.0. The number of nitrogens with one attached hydrogen (secondary N) is 1. The zero-order valence-corrected chi connectivity index (χ0v) is 11.3. The van der Waals surface area contributed by atoms with Crippen molar-refractivity contribution >= 4 is 5.91 Å². The number of furan rings is 2. The van der Waals surface area contributed by atoms with Gasteiger partial charge in [0.1, 0.15) is 5.76 Å². The van der Waals surface area contributed by atoms with Gasteiger partial charge in [0.15, 0.2) is 5.76 Å². The average molecular weight is 262 g/mol. The first-order chi connectivity index (χ1) is 9.09. The molecule has 0 bridgehead atoms. The summed E-state index contributed by atoms with van der Waals surface area (Å²) in [5, 5.41) is 2.86. The van der Waals surface area contributed by atoms with E-state index in [0.717, 1.165) is 11.3 Å². The Bertz CT molecular complexity index is 529. The number of carbonyl (C=O) groups is 1. The van der Waals surface area contributed by atoms with Crippen LogP contribution in [0.2, 0.25) is 0 Å². The molecule has 0 radical (unpaired) electrons. The molecule has 2 aromatic rings. The van der Waals surface area contributed by atoms with Gasteiger partial charge in [0, 0.05) is 12.1 Å². The lowest BCUT2D eigenvalue weighted by Gasteiger charge is -2.22. The lowest BCUT2D eigenvalue weighted by atomic mass is 10.2. The van der Waals surface area contributed by atoms with Crippen molar-refractivity contribution in [1.29, 1.82) is 0 Å². The van der Waals surface area contributed by atoms with Crippen LogP contribution in [-0.4, -0.2) is 31.4 Å². The molecule has 5 nitrogen and oxygen atoms in total. The number of carbonyl (C=O) groups excluding carboxylic acids is 1. The van der Waals surface area contributed by atoms with Gasteiger partial charge in [0.25, 0.3) is 5.91 Å². The van der Waals surface area contributed by atoms with Crippen LogP contribution in [0.15, 0.2) is 39.6 Å². The summed E-state index contributed by atoms with van der Waals surface area (Å²) in [7, 11) is 3.88. The van der Waals surface area contributed by atoms with Gasteiger partial charge in [0.05, 0.1) is 18.6 Å². The normalized spacial score (nSPS) is 12.6. The molecule has 2 heterocycles. The third-order valence-electron chi connectivity index (χ3n) is 3.02. The van der Waals surface area contributed by atoms with Crippen LogP contribution in [0.4, 0.5) is 0 Å². The van der Waals surface area contributed by atoms with E-state index in [0.29, 0.717) is 12.3 Å². The molecule has 1 amide bonds. The molecule has 0 aliphatic heterocycles. The minimum Gasteiger partial charge on any atom is -0.468 e. The highest BCUT2D eigenvalue weighted by Crippen LogP contribution is 2.18. The Morgan fingerprint density at radius 3 is 2.63 bits per heavy atom. The largest absolute Gasteiger partial charge is 0.468 e. The highest BCUT2D eigenvalue weighted by Gasteiger charge is 2.19. The molecule has 2 rings (SSSR count). The molecule has 2 aromatic heterocycles. The summed E-state index contributed by atoms with van der Waals surface area (Å²) >= 11 is 0. The van der Waals surface area contributed by atoms with Crippen molar-refractivity contribution in [2.45, 2.75) is 13.0 Å². The number of hydrogen-bond acceptors (Lipinski definition) is 4. The second-order valence-corrected chi connectivity index (χ2v) is 4.64. The number of nitrogens with zero attached hydrogens (tertiary/aromatic N) is 1. The van der Waals surface area contributed by atoms with Crippen LogP contribution >= 0.6 is 0 Å². The average Bonchev–Trinajstić information content (AvgIpc) is 3.00. The molecule has 0 aromatic carbocycles. The monoisotopic (exact) mass is 262 g/mol. The maximum absolute atomic E-state index is 12.0. The molecule has 0 aliphatic rings. The first-order valence-electron chi connectivity index (χ1n) is 6.11. The first kappa shape index (κ1) is 13.4. The Labute approximate surface area is 112 Å². The quantitative estimate of drug-likeness (QED) is 0.897. The first-order valence-corrected chi connectivity index (χ1v) is 6.11. The maximum Gasteiger partial charge on any atom is 0.287 e. The van der Waals surface area contributed by atoms with Crippen molar-refractivity contribution in [3.63, 3.8) is 0 Å². The summed E-state index contributed by atoms with van der Waals surface area (Å²) in [6, 6.07) is 5.50. The molecular weight excluding hydrogens is 244 g/mol. The van der Waals surface area contributed by atoms with E-state index in [1.807, 2.05) is 38.1 Å². The third-order valence-corrected chi connectivity index (χ3v) is 3.02. The van der Waals surface area contributed by atoms with Crippen LogP contribution < -0.4 is 5.32 Å². The van der Waals surface area contributed by atoms with Gasteiger partial charge in [-0.2, -0.15) is 0 Å². The number of hydrogen-bond donors (Lipinski definition) is 1. The van der Waals surface area contributed by atoms with Gasteiger partial charge in [-0.05, 0) is 39.2 Å². The molecule has 1 unspecified atom stereocenters. The molecule has 0 saturated carbocycles. The lowest BCUT2D eigenvalue weighted by molar-refractivity contribution is 0.0910. The van der Waals surface area contributed by atoms with Crippen molar-refractivity contribution < 1.29 is 13.6 Å². The van der Waals surface area contributed by atoms with E-state index in [1.165, 1.54) is 6.26 Å². The van der Waals surface area contributed by atoms with Crippen LogP contribution in [0.3, 0.4) is 0 Å². The number of amides is 1. The molecule has 0 saturated heterocycles. The fourth-order valence-corrected chi connectivity index (χ4v) is 1.89. The van der Waals surface area contributed by atoms with Crippen LogP contribution in [-0.2, 0) is 0 Å². The van der Waals surface area contributed by atoms with Crippen LogP contribution in [0.25, 0.3) is 0 Å². The van der Waals surface area contributed by atoms with E-state index >= 15 is 0 Å². The molecule has 0 spiro atoms. The fraction of sp³-hybridized carbons (Fsp3) is 0.357. The standard InChI is InChI=1S/C14H18N2O3/c1-10-6-8-19-13(10)14(17)15-9-11(16(2)3)12-5-4-7-18-12/h4-8,11H,9H2,1-3H3,(H,15,17). The maximum atomic E-state index is 12.0. The number of likely N-dealkylation sites (N-methyl/N-ethyl adjacent to an activating group) is 1. The minimum atomic E-state index is -0.207. The van der Waals surface area contributed by atoms with E-state index in [4.69, 9.17) is 8.83 Å². The zero-order valence-electron chi connectivity index (χ0n) is 11.3. The molecule has 0 fully saturated rings. The highest BCUT2D eigenvalue weighted by molar-refractivity contribution is 5.92. The van der Waals surface area contributed by atoms with Crippen molar-refractivity contribution in [3.8, 4) is 0 Å². The molecule has 1 N–H and O–H groups in total. The van der Waals surface area contributed by atoms with Gasteiger partial charge < -0.3 is 14.2 Å². The van der Waals surface area contributed by atoms with Crippen molar-refractivity contribution in [1.82, 2.24) is 10.2 Å². The topological polar surface area (TPSA) is 58.6 Å². The zero-order chi connectivity index (χ0) is 13.8. The summed E-state index contributed by atoms with van der Waals surface area (Å²) < 4.78 is 10.5. The van der Waals surface area contributed by atoms with Crippen LogP contribution in [0.1, 0.15) is 27.9 Å². The molecule has 1 atom stereocenters. The second-order valence-electron chi connectivity index (χ2n) is 4.64. The number of rotatable bonds is 5. The second kappa shape index (κ2) is 5.75. The number of aryl methyl sites for hydroxylation is 1. The van der Waals surface area contributed by atoms with Gasteiger partial charge in [-0.15, -0.1) is 0 Å². The summed E-state index contributed by atoms with van der Waals surface area (Å²) in [6.45, 7) is 2.30. The highest BCUT2D eigenvalue weighted by atomic mass is 16.3. The third kappa shape index (κ3) is 3.06. The summed E-state index contributed by atoms with van der Waals surface area (Å²) in [6.07, 6.45) is 3.14. The Kier molecular flexibility index (Phi) is 4.06. The Morgan fingerprint density at radius 2 is 2.11 bits per heavy atom. The summed E-state index contributed by atoms with van der Waals surface area (Å²) in [5.41, 5.74) is 0.830. The fourth-order valence-electron chi connectivity index (χ4n) is 1.89. The smallest absolute Gasteiger partial charge is 0.287 e. The molecule has 0 aliphatic carbocycles. The Balaban J connectivity index is 2.00. The lowest BCUT2D eigenvalue weighted by Crippen LogP contribution is -2.34. The van der Waals surface area contributed by atoms with Crippen LogP contribution in [0, 0.1) is 6.92 Å². The van der Waals surface area contributed by atoms with Gasteiger partial charge in [-0.1, -0.05) is 0 Å². The van der Waals surface area contributed by atoms with E-state index < -0.39 is 0 Å². The van der Waals surface area contributed by atoms with E-state index in [1.54, 1.807) is 12.3 Å². The van der Waals surface area contributed by atoms with E-state index in [2.05, 4.69) is 5.32 Å². The molecule has 102 valence electrons. The van der Waals surface area contributed by atoms with Crippen molar-refractivity contribution in [3.05, 3.63) is 47.8 Å². The van der Waals surface area contributed by atoms with Crippen molar-refractivity contribution in [2.24, 2.45) is 0 Å². The van der Waals surface area contributed by atoms with Crippen molar-refractivity contribution in [2.75, 3.05) is 20.6 Å². The molecule has 5 heteroatoms. The van der Waals surface area contributed by atoms with Gasteiger partial charge in [0.2, 0.25) is 0 Å². The predicted octanol–water partition coefficient (Wildman–Crippen LogP) is 2.21. The van der Waals surface area contributed by atoms with E-state index in [9.17, 15) is 4.79 Å². The predicted molar refractivity (Wildman–Crippen MR) is 70.9 cm³/mol. The summed E-state index contributed by atoms with van der Waals surface area (Å²) in [5.74, 6) is 0.972. The minimum absolute atomic E-state index is 0.00535. The van der Waals surface area contributed by atoms with E-state index in [-0.39, 0.29) is 11.9 Å². The molecular formula is C14H18N2O3.